The van der Waals surface area contributed by atoms with Gasteiger partial charge in [0.25, 0.3) is 0 Å². The van der Waals surface area contributed by atoms with E-state index >= 15 is 0 Å². The second-order valence-corrected chi connectivity index (χ2v) is 7.57. The average molecular weight is 275 g/mol. The van der Waals surface area contributed by atoms with Crippen LogP contribution in [-0.2, 0) is 11.8 Å². The lowest BCUT2D eigenvalue weighted by atomic mass is 9.80. The summed E-state index contributed by atoms with van der Waals surface area (Å²) >= 11 is 0. The van der Waals surface area contributed by atoms with Crippen molar-refractivity contribution in [2.75, 3.05) is 7.05 Å². The molecular formula is C18H29NO. The molecule has 1 aliphatic heterocycles. The molecule has 1 atom stereocenters. The van der Waals surface area contributed by atoms with Crippen molar-refractivity contribution >= 4 is 0 Å². The molecule has 0 radical (unpaired) electrons. The van der Waals surface area contributed by atoms with Gasteiger partial charge in [0.15, 0.2) is 0 Å². The summed E-state index contributed by atoms with van der Waals surface area (Å²) < 4.78 is 6.37. The van der Waals surface area contributed by atoms with E-state index in [0.717, 1.165) is 18.6 Å². The van der Waals surface area contributed by atoms with Crippen LogP contribution in [0.25, 0.3) is 0 Å². The summed E-state index contributed by atoms with van der Waals surface area (Å²) in [5.74, 6) is 1.10. The predicted octanol–water partition coefficient (Wildman–Crippen LogP) is 4.37. The standard InChI is InChI=1S/C18H29NO/c1-8-12-9-13-15(19-7)11-18(5,6)20-16(13)14(10-12)17(2,3)4/h9-10,15,19H,8,11H2,1-7H3. The maximum Gasteiger partial charge on any atom is 0.128 e. The van der Waals surface area contributed by atoms with Gasteiger partial charge < -0.3 is 10.1 Å². The Morgan fingerprint density at radius 1 is 1.30 bits per heavy atom. The van der Waals surface area contributed by atoms with Crippen LogP contribution in [0.4, 0.5) is 0 Å². The van der Waals surface area contributed by atoms with E-state index in [-0.39, 0.29) is 11.0 Å². The molecule has 2 nitrogen and oxygen atoms in total. The van der Waals surface area contributed by atoms with Crippen LogP contribution in [0.1, 0.15) is 70.7 Å². The first-order valence-electron chi connectivity index (χ1n) is 7.71. The number of hydrogen-bond donors (Lipinski definition) is 1. The predicted molar refractivity (Wildman–Crippen MR) is 85.6 cm³/mol. The van der Waals surface area contributed by atoms with Gasteiger partial charge in [-0.3, -0.25) is 0 Å². The topological polar surface area (TPSA) is 21.3 Å². The Morgan fingerprint density at radius 3 is 2.45 bits per heavy atom. The first-order valence-corrected chi connectivity index (χ1v) is 7.71. The van der Waals surface area contributed by atoms with E-state index in [1.54, 1.807) is 0 Å². The zero-order valence-corrected chi connectivity index (χ0v) is 14.1. The molecule has 1 aromatic carbocycles. The highest BCUT2D eigenvalue weighted by atomic mass is 16.5. The van der Waals surface area contributed by atoms with Crippen molar-refractivity contribution in [1.82, 2.24) is 5.32 Å². The van der Waals surface area contributed by atoms with Gasteiger partial charge in [0.2, 0.25) is 0 Å². The van der Waals surface area contributed by atoms with Gasteiger partial charge in [0.05, 0.1) is 0 Å². The first kappa shape index (κ1) is 15.4. The van der Waals surface area contributed by atoms with Crippen LogP contribution in [0.15, 0.2) is 12.1 Å². The summed E-state index contributed by atoms with van der Waals surface area (Å²) in [5.41, 5.74) is 4.04. The number of fused-ring (bicyclic) bond motifs is 1. The fraction of sp³-hybridized carbons (Fsp3) is 0.667. The minimum Gasteiger partial charge on any atom is -0.487 e. The monoisotopic (exact) mass is 275 g/mol. The van der Waals surface area contributed by atoms with Gasteiger partial charge in [-0.15, -0.1) is 0 Å². The van der Waals surface area contributed by atoms with Crippen molar-refractivity contribution in [2.45, 2.75) is 71.4 Å². The Labute approximate surface area is 123 Å². The van der Waals surface area contributed by atoms with Crippen LogP contribution in [0.3, 0.4) is 0 Å². The molecule has 1 heterocycles. The van der Waals surface area contributed by atoms with Crippen molar-refractivity contribution in [3.63, 3.8) is 0 Å². The van der Waals surface area contributed by atoms with Crippen molar-refractivity contribution in [3.8, 4) is 5.75 Å². The number of ether oxygens (including phenoxy) is 1. The molecule has 1 unspecified atom stereocenters. The summed E-state index contributed by atoms with van der Waals surface area (Å²) in [7, 11) is 2.05. The smallest absolute Gasteiger partial charge is 0.128 e. The first-order chi connectivity index (χ1) is 9.18. The van der Waals surface area contributed by atoms with E-state index in [0.29, 0.717) is 6.04 Å². The molecule has 20 heavy (non-hydrogen) atoms. The summed E-state index contributed by atoms with van der Waals surface area (Å²) in [6.45, 7) is 13.4. The maximum absolute atomic E-state index is 6.37. The molecule has 0 aliphatic carbocycles. The third-order valence-electron chi connectivity index (χ3n) is 4.19. The Kier molecular flexibility index (Phi) is 3.90. The van der Waals surface area contributed by atoms with Crippen LogP contribution < -0.4 is 10.1 Å². The Hall–Kier alpha value is -1.02. The van der Waals surface area contributed by atoms with Crippen LogP contribution in [-0.4, -0.2) is 12.6 Å². The number of aryl methyl sites for hydroxylation is 1. The minimum absolute atomic E-state index is 0.0982. The second-order valence-electron chi connectivity index (χ2n) is 7.57. The highest BCUT2D eigenvalue weighted by Crippen LogP contribution is 2.45. The minimum atomic E-state index is -0.117. The summed E-state index contributed by atoms with van der Waals surface area (Å²) in [6, 6.07) is 5.02. The normalized spacial score (nSPS) is 21.2. The summed E-state index contributed by atoms with van der Waals surface area (Å²) in [6.07, 6.45) is 2.07. The summed E-state index contributed by atoms with van der Waals surface area (Å²) in [5, 5.41) is 3.47. The van der Waals surface area contributed by atoms with Gasteiger partial charge in [-0.05, 0) is 38.3 Å². The number of nitrogens with one attached hydrogen (secondary N) is 1. The molecule has 0 amide bonds. The number of rotatable bonds is 2. The molecule has 0 aromatic heterocycles. The molecule has 2 heteroatoms. The van der Waals surface area contributed by atoms with Crippen LogP contribution in [0, 0.1) is 0 Å². The maximum atomic E-state index is 6.37. The Balaban J connectivity index is 2.66. The quantitative estimate of drug-likeness (QED) is 0.865. The van der Waals surface area contributed by atoms with Gasteiger partial charge >= 0.3 is 0 Å². The molecule has 0 fully saturated rings. The molecule has 1 aliphatic rings. The van der Waals surface area contributed by atoms with E-state index in [1.165, 1.54) is 16.7 Å². The van der Waals surface area contributed by atoms with E-state index in [4.69, 9.17) is 4.74 Å². The van der Waals surface area contributed by atoms with Gasteiger partial charge in [0, 0.05) is 23.6 Å². The Morgan fingerprint density at radius 2 is 1.95 bits per heavy atom. The van der Waals surface area contributed by atoms with Gasteiger partial charge in [-0.1, -0.05) is 39.8 Å². The molecule has 112 valence electrons. The lowest BCUT2D eigenvalue weighted by molar-refractivity contribution is 0.0650. The molecule has 0 spiro atoms. The van der Waals surface area contributed by atoms with Crippen molar-refractivity contribution in [2.24, 2.45) is 0 Å². The van der Waals surface area contributed by atoms with Crippen LogP contribution >= 0.6 is 0 Å². The lowest BCUT2D eigenvalue weighted by Gasteiger charge is -2.40. The van der Waals surface area contributed by atoms with Gasteiger partial charge in [-0.2, -0.15) is 0 Å². The fourth-order valence-electron chi connectivity index (χ4n) is 3.02. The van der Waals surface area contributed by atoms with E-state index < -0.39 is 0 Å². The molecule has 0 saturated heterocycles. The zero-order chi connectivity index (χ0) is 15.1. The van der Waals surface area contributed by atoms with Gasteiger partial charge in [0.1, 0.15) is 11.4 Å². The third-order valence-corrected chi connectivity index (χ3v) is 4.19. The largest absolute Gasteiger partial charge is 0.487 e. The average Bonchev–Trinajstić information content (AvgIpc) is 2.34. The molecule has 1 aromatic rings. The molecular weight excluding hydrogens is 246 g/mol. The van der Waals surface area contributed by atoms with Crippen molar-refractivity contribution in [1.29, 1.82) is 0 Å². The lowest BCUT2D eigenvalue weighted by Crippen LogP contribution is -2.39. The van der Waals surface area contributed by atoms with Gasteiger partial charge in [-0.25, -0.2) is 0 Å². The Bertz CT molecular complexity index is 497. The third kappa shape index (κ3) is 2.85. The zero-order valence-electron chi connectivity index (χ0n) is 14.1. The molecule has 1 N–H and O–H groups in total. The van der Waals surface area contributed by atoms with E-state index in [1.807, 2.05) is 7.05 Å². The SMILES string of the molecule is CCc1cc2c(c(C(C)(C)C)c1)OC(C)(C)CC2NC. The van der Waals surface area contributed by atoms with Crippen molar-refractivity contribution in [3.05, 3.63) is 28.8 Å². The molecule has 2 rings (SSSR count). The molecule has 0 bridgehead atoms. The van der Waals surface area contributed by atoms with Crippen LogP contribution in [0.5, 0.6) is 5.75 Å². The second kappa shape index (κ2) is 5.07. The van der Waals surface area contributed by atoms with Crippen LogP contribution in [0.2, 0.25) is 0 Å². The molecule has 0 saturated carbocycles. The number of benzene rings is 1. The van der Waals surface area contributed by atoms with Crippen molar-refractivity contribution < 1.29 is 4.74 Å². The highest BCUT2D eigenvalue weighted by Gasteiger charge is 2.36. The highest BCUT2D eigenvalue weighted by molar-refractivity contribution is 5.51. The number of hydrogen-bond acceptors (Lipinski definition) is 2. The van der Waals surface area contributed by atoms with E-state index in [9.17, 15) is 0 Å². The van der Waals surface area contributed by atoms with E-state index in [2.05, 4.69) is 59.0 Å². The summed E-state index contributed by atoms with van der Waals surface area (Å²) in [4.78, 5) is 0. The fourth-order valence-corrected chi connectivity index (χ4v) is 3.02.